The fourth-order valence-corrected chi connectivity index (χ4v) is 5.44. The fourth-order valence-electron chi connectivity index (χ4n) is 5.44. The molecule has 0 aromatic carbocycles. The van der Waals surface area contributed by atoms with Gasteiger partial charge >= 0.3 is 12.2 Å². The SMILES string of the molecule is O=C1CO[C@H]2CCN(C(=O)N3CC4(CC(Cc5cnc(C(F)(F)F)cn5)C4)C3)C[C@H]2N1. The molecule has 4 heterocycles. The summed E-state index contributed by atoms with van der Waals surface area (Å²) >= 11 is 0. The van der Waals surface area contributed by atoms with Crippen molar-refractivity contribution >= 4 is 11.9 Å². The van der Waals surface area contributed by atoms with Gasteiger partial charge in [-0.1, -0.05) is 0 Å². The van der Waals surface area contributed by atoms with E-state index in [0.29, 0.717) is 50.6 Å². The Balaban J connectivity index is 1.08. The van der Waals surface area contributed by atoms with E-state index in [1.807, 2.05) is 4.90 Å². The average molecular weight is 439 g/mol. The molecular weight excluding hydrogens is 415 g/mol. The van der Waals surface area contributed by atoms with Gasteiger partial charge in [-0.05, 0) is 31.6 Å². The minimum atomic E-state index is -4.47. The fraction of sp³-hybridized carbons (Fsp3) is 0.700. The number of hydrogen-bond acceptors (Lipinski definition) is 5. The molecule has 31 heavy (non-hydrogen) atoms. The molecule has 5 rings (SSSR count). The third kappa shape index (κ3) is 3.95. The summed E-state index contributed by atoms with van der Waals surface area (Å²) in [7, 11) is 0. The van der Waals surface area contributed by atoms with Gasteiger partial charge in [-0.25, -0.2) is 9.78 Å². The monoisotopic (exact) mass is 439 g/mol. The van der Waals surface area contributed by atoms with E-state index >= 15 is 0 Å². The number of rotatable bonds is 2. The molecule has 1 aromatic rings. The molecule has 11 heteroatoms. The number of alkyl halides is 3. The van der Waals surface area contributed by atoms with Gasteiger partial charge < -0.3 is 19.9 Å². The molecule has 0 radical (unpaired) electrons. The van der Waals surface area contributed by atoms with E-state index in [2.05, 4.69) is 15.3 Å². The topological polar surface area (TPSA) is 87.7 Å². The van der Waals surface area contributed by atoms with E-state index in [-0.39, 0.29) is 36.1 Å². The first-order chi connectivity index (χ1) is 14.7. The Hall–Kier alpha value is -2.43. The van der Waals surface area contributed by atoms with Crippen LogP contribution in [0.3, 0.4) is 0 Å². The predicted molar refractivity (Wildman–Crippen MR) is 101 cm³/mol. The van der Waals surface area contributed by atoms with Crippen LogP contribution < -0.4 is 5.32 Å². The summed E-state index contributed by atoms with van der Waals surface area (Å²) in [4.78, 5) is 35.4. The molecule has 8 nitrogen and oxygen atoms in total. The summed E-state index contributed by atoms with van der Waals surface area (Å²) in [5.41, 5.74) is -0.280. The van der Waals surface area contributed by atoms with Gasteiger partial charge in [0.1, 0.15) is 6.61 Å². The van der Waals surface area contributed by atoms with Crippen LogP contribution in [0.5, 0.6) is 0 Å². The first-order valence-corrected chi connectivity index (χ1v) is 10.5. The van der Waals surface area contributed by atoms with Crippen molar-refractivity contribution < 1.29 is 27.5 Å². The van der Waals surface area contributed by atoms with Gasteiger partial charge in [-0.3, -0.25) is 9.78 Å². The highest BCUT2D eigenvalue weighted by Gasteiger charge is 2.54. The van der Waals surface area contributed by atoms with Gasteiger partial charge in [0.15, 0.2) is 5.69 Å². The lowest BCUT2D eigenvalue weighted by atomic mass is 9.57. The zero-order chi connectivity index (χ0) is 21.8. The molecule has 1 spiro atoms. The van der Waals surface area contributed by atoms with Crippen molar-refractivity contribution in [1.82, 2.24) is 25.1 Å². The number of hydrogen-bond donors (Lipinski definition) is 1. The Morgan fingerprint density at radius 1 is 1.23 bits per heavy atom. The molecule has 0 unspecified atom stereocenters. The largest absolute Gasteiger partial charge is 0.434 e. The summed E-state index contributed by atoms with van der Waals surface area (Å²) < 4.78 is 43.3. The second-order valence-corrected chi connectivity index (χ2v) is 9.27. The molecule has 2 atom stereocenters. The molecule has 3 amide bonds. The minimum Gasteiger partial charge on any atom is -0.366 e. The van der Waals surface area contributed by atoms with Crippen molar-refractivity contribution in [2.45, 2.75) is 44.0 Å². The van der Waals surface area contributed by atoms with Crippen LogP contribution in [0.15, 0.2) is 12.4 Å². The maximum Gasteiger partial charge on any atom is 0.434 e. The normalized spacial score (nSPS) is 27.9. The Morgan fingerprint density at radius 2 is 2.00 bits per heavy atom. The Labute approximate surface area is 177 Å². The second-order valence-electron chi connectivity index (χ2n) is 9.27. The average Bonchev–Trinajstić information content (AvgIpc) is 2.67. The lowest BCUT2D eigenvalue weighted by Crippen LogP contribution is -2.68. The number of fused-ring (bicyclic) bond motifs is 1. The van der Waals surface area contributed by atoms with Crippen LogP contribution in [0.2, 0.25) is 0 Å². The van der Waals surface area contributed by atoms with Crippen LogP contribution in [0.1, 0.15) is 30.7 Å². The molecule has 3 aliphatic heterocycles. The van der Waals surface area contributed by atoms with E-state index in [4.69, 9.17) is 4.74 Å². The number of aromatic nitrogens is 2. The van der Waals surface area contributed by atoms with Crippen LogP contribution >= 0.6 is 0 Å². The van der Waals surface area contributed by atoms with Crippen molar-refractivity contribution in [3.8, 4) is 0 Å². The number of piperidine rings is 1. The van der Waals surface area contributed by atoms with Crippen LogP contribution in [0.4, 0.5) is 18.0 Å². The maximum atomic E-state index is 12.8. The number of nitrogens with zero attached hydrogens (tertiary/aromatic N) is 4. The number of carbonyl (C=O) groups excluding carboxylic acids is 2. The van der Waals surface area contributed by atoms with Crippen molar-refractivity contribution in [3.63, 3.8) is 0 Å². The minimum absolute atomic E-state index is 0.000883. The zero-order valence-corrected chi connectivity index (χ0v) is 16.9. The molecule has 3 saturated heterocycles. The third-order valence-electron chi connectivity index (χ3n) is 6.85. The molecule has 1 aliphatic carbocycles. The highest BCUT2D eigenvalue weighted by molar-refractivity contribution is 5.79. The highest BCUT2D eigenvalue weighted by Crippen LogP contribution is 2.53. The van der Waals surface area contributed by atoms with E-state index < -0.39 is 11.9 Å². The number of nitrogens with one attached hydrogen (secondary N) is 1. The smallest absolute Gasteiger partial charge is 0.366 e. The van der Waals surface area contributed by atoms with E-state index in [0.717, 1.165) is 19.0 Å². The van der Waals surface area contributed by atoms with E-state index in [9.17, 15) is 22.8 Å². The van der Waals surface area contributed by atoms with Crippen LogP contribution in [0, 0.1) is 11.3 Å². The number of halogens is 3. The van der Waals surface area contributed by atoms with Crippen LogP contribution in [-0.4, -0.2) is 76.6 Å². The first-order valence-electron chi connectivity index (χ1n) is 10.5. The number of ether oxygens (including phenoxy) is 1. The summed E-state index contributed by atoms with van der Waals surface area (Å²) in [5, 5.41) is 2.91. The first kappa shape index (κ1) is 20.5. The number of morpholine rings is 1. The van der Waals surface area contributed by atoms with Crippen molar-refractivity contribution in [2.75, 3.05) is 32.8 Å². The second kappa shape index (κ2) is 7.32. The van der Waals surface area contributed by atoms with Gasteiger partial charge in [0.25, 0.3) is 0 Å². The molecule has 4 fully saturated rings. The number of urea groups is 1. The maximum absolute atomic E-state index is 12.8. The number of amides is 3. The van der Waals surface area contributed by atoms with Gasteiger partial charge in [-0.2, -0.15) is 13.2 Å². The zero-order valence-electron chi connectivity index (χ0n) is 16.9. The van der Waals surface area contributed by atoms with E-state index in [1.54, 1.807) is 4.90 Å². The number of likely N-dealkylation sites (tertiary alicyclic amines) is 2. The molecule has 4 aliphatic rings. The predicted octanol–water partition coefficient (Wildman–Crippen LogP) is 1.46. The summed E-state index contributed by atoms with van der Waals surface area (Å²) in [5.74, 6) is 0.213. The summed E-state index contributed by atoms with van der Waals surface area (Å²) in [6.07, 6.45) is 0.700. The van der Waals surface area contributed by atoms with Crippen molar-refractivity contribution in [2.24, 2.45) is 11.3 Å². The van der Waals surface area contributed by atoms with Crippen LogP contribution in [-0.2, 0) is 22.1 Å². The lowest BCUT2D eigenvalue weighted by Gasteiger charge is -2.60. The van der Waals surface area contributed by atoms with Crippen LogP contribution in [0.25, 0.3) is 0 Å². The highest BCUT2D eigenvalue weighted by atomic mass is 19.4. The van der Waals surface area contributed by atoms with Gasteiger partial charge in [-0.15, -0.1) is 0 Å². The van der Waals surface area contributed by atoms with Gasteiger partial charge in [0.05, 0.1) is 24.0 Å². The molecule has 0 bridgehead atoms. The van der Waals surface area contributed by atoms with Gasteiger partial charge in [0, 0.05) is 37.8 Å². The lowest BCUT2D eigenvalue weighted by molar-refractivity contribution is -0.141. The third-order valence-corrected chi connectivity index (χ3v) is 6.85. The van der Waals surface area contributed by atoms with E-state index in [1.165, 1.54) is 6.20 Å². The standard InChI is InChI=1S/C20H24F3N5O3/c21-20(22,23)16-7-24-13(6-25-16)3-12-4-19(5-12)10-28(11-19)18(30)27-2-1-15-14(8-27)26-17(29)9-31-15/h6-7,12,14-15H,1-5,8-11H2,(H,26,29)/t14-,15+/m1/s1. The molecule has 1 saturated carbocycles. The molecular formula is C20H24F3N5O3. The summed E-state index contributed by atoms with van der Waals surface area (Å²) in [6.45, 7) is 2.58. The van der Waals surface area contributed by atoms with Crippen molar-refractivity contribution in [1.29, 1.82) is 0 Å². The molecule has 1 aromatic heterocycles. The number of carbonyl (C=O) groups is 2. The quantitative estimate of drug-likeness (QED) is 0.754. The Morgan fingerprint density at radius 3 is 2.68 bits per heavy atom. The Bertz CT molecular complexity index is 864. The van der Waals surface area contributed by atoms with Crippen molar-refractivity contribution in [3.05, 3.63) is 23.8 Å². The Kier molecular flexibility index (Phi) is 4.83. The van der Waals surface area contributed by atoms with Gasteiger partial charge in [0.2, 0.25) is 5.91 Å². The molecule has 168 valence electrons. The summed E-state index contributed by atoms with van der Waals surface area (Å²) in [6, 6.07) is -0.145. The molecule has 1 N–H and O–H groups in total.